The highest BCUT2D eigenvalue weighted by molar-refractivity contribution is 5.87. The molecule has 19 heavy (non-hydrogen) atoms. The van der Waals surface area contributed by atoms with Crippen LogP contribution >= 0.6 is 0 Å². The summed E-state index contributed by atoms with van der Waals surface area (Å²) in [4.78, 5) is 11.8. The Bertz CT molecular complexity index is 441. The molecule has 4 fully saturated rings. The van der Waals surface area contributed by atoms with Gasteiger partial charge >= 0.3 is 5.97 Å². The van der Waals surface area contributed by atoms with Crippen molar-refractivity contribution >= 4 is 5.97 Å². The van der Waals surface area contributed by atoms with E-state index in [0.29, 0.717) is 11.5 Å². The predicted molar refractivity (Wildman–Crippen MR) is 73.3 cm³/mol. The van der Waals surface area contributed by atoms with Crippen molar-refractivity contribution in [1.82, 2.24) is 0 Å². The average molecular weight is 260 g/mol. The summed E-state index contributed by atoms with van der Waals surface area (Å²) in [6.07, 6.45) is 5.57. The Balaban J connectivity index is 1.53. The Morgan fingerprint density at radius 1 is 1.05 bits per heavy atom. The number of rotatable bonds is 2. The summed E-state index contributed by atoms with van der Waals surface area (Å²) in [5.41, 5.74) is 0.542. The Morgan fingerprint density at radius 3 is 2.47 bits per heavy atom. The Kier molecular flexibility index (Phi) is 2.44. The quantitative estimate of drug-likeness (QED) is 0.432. The van der Waals surface area contributed by atoms with E-state index in [2.05, 4.69) is 13.5 Å². The second kappa shape index (κ2) is 3.86. The summed E-state index contributed by atoms with van der Waals surface area (Å²) in [5.74, 6) is 6.01. The molecule has 4 bridgehead atoms. The molecule has 0 heterocycles. The van der Waals surface area contributed by atoms with Crippen molar-refractivity contribution in [1.29, 1.82) is 0 Å². The molecule has 0 saturated heterocycles. The van der Waals surface area contributed by atoms with Gasteiger partial charge in [-0.3, -0.25) is 0 Å². The molecule has 0 aliphatic heterocycles. The van der Waals surface area contributed by atoms with Gasteiger partial charge in [-0.2, -0.15) is 0 Å². The zero-order valence-electron chi connectivity index (χ0n) is 12.0. The topological polar surface area (TPSA) is 26.3 Å². The number of carbonyl (C=O) groups is 1. The molecule has 0 aromatic rings. The number of hydrogen-bond acceptors (Lipinski definition) is 2. The van der Waals surface area contributed by atoms with Crippen LogP contribution in [0, 0.1) is 41.4 Å². The normalized spacial score (nSPS) is 53.4. The van der Waals surface area contributed by atoms with E-state index >= 15 is 0 Å². The first-order chi connectivity index (χ1) is 9.06. The zero-order chi connectivity index (χ0) is 13.3. The molecule has 2 nitrogen and oxygen atoms in total. The van der Waals surface area contributed by atoms with Crippen LogP contribution in [0.4, 0.5) is 0 Å². The second-order valence-corrected chi connectivity index (χ2v) is 7.65. The molecule has 8 unspecified atom stereocenters. The number of hydrogen-bond donors (Lipinski definition) is 0. The van der Waals surface area contributed by atoms with E-state index in [1.807, 2.05) is 0 Å². The Hall–Kier alpha value is -0.790. The third kappa shape index (κ3) is 1.52. The maximum absolute atomic E-state index is 11.8. The lowest BCUT2D eigenvalue weighted by Crippen LogP contribution is -2.39. The predicted octanol–water partition coefficient (Wildman–Crippen LogP) is 3.42. The highest BCUT2D eigenvalue weighted by Gasteiger charge is 2.64. The van der Waals surface area contributed by atoms with Crippen LogP contribution < -0.4 is 0 Å². The maximum Gasteiger partial charge on any atom is 0.333 e. The second-order valence-electron chi connectivity index (χ2n) is 7.65. The minimum Gasteiger partial charge on any atom is -0.459 e. The first-order valence-electron chi connectivity index (χ1n) is 7.92. The van der Waals surface area contributed by atoms with E-state index in [0.717, 1.165) is 41.9 Å². The molecule has 4 aliphatic carbocycles. The molecule has 0 spiro atoms. The van der Waals surface area contributed by atoms with E-state index in [4.69, 9.17) is 4.74 Å². The fourth-order valence-corrected chi connectivity index (χ4v) is 6.25. The van der Waals surface area contributed by atoms with Gasteiger partial charge in [0.1, 0.15) is 6.10 Å². The summed E-state index contributed by atoms with van der Waals surface area (Å²) in [6.45, 7) is 7.88. The van der Waals surface area contributed by atoms with Gasteiger partial charge in [0, 0.05) is 5.57 Å². The lowest BCUT2D eigenvalue weighted by molar-refractivity contribution is -0.149. The molecule has 8 atom stereocenters. The van der Waals surface area contributed by atoms with Crippen molar-refractivity contribution in [2.45, 2.75) is 45.6 Å². The molecular formula is C17H24O2. The molecule has 2 heteroatoms. The molecule has 4 saturated carbocycles. The van der Waals surface area contributed by atoms with Crippen LogP contribution in [0.3, 0.4) is 0 Å². The standard InChI is InChI=1S/C17H24O2/c1-8(2)17(18)19-14-7-11-6-13(14)16-12-5-10(15(11)16)4-9(12)3/h9-16H,1,4-7H2,2-3H3. The lowest BCUT2D eigenvalue weighted by atomic mass is 9.67. The Morgan fingerprint density at radius 2 is 1.74 bits per heavy atom. The van der Waals surface area contributed by atoms with Gasteiger partial charge in [-0.15, -0.1) is 0 Å². The fourth-order valence-electron chi connectivity index (χ4n) is 6.25. The van der Waals surface area contributed by atoms with E-state index in [1.165, 1.54) is 19.3 Å². The van der Waals surface area contributed by atoms with Crippen LogP contribution in [0.15, 0.2) is 12.2 Å². The summed E-state index contributed by atoms with van der Waals surface area (Å²) >= 11 is 0. The van der Waals surface area contributed by atoms with Gasteiger partial charge in [-0.1, -0.05) is 13.5 Å². The minimum atomic E-state index is -0.176. The molecule has 104 valence electrons. The third-order valence-electron chi connectivity index (χ3n) is 6.70. The van der Waals surface area contributed by atoms with Crippen LogP contribution in [-0.2, 0) is 9.53 Å². The highest BCUT2D eigenvalue weighted by atomic mass is 16.5. The number of carbonyl (C=O) groups excluding carboxylic acids is 1. The summed E-state index contributed by atoms with van der Waals surface area (Å²) in [6, 6.07) is 0. The van der Waals surface area contributed by atoms with Gasteiger partial charge in [0.05, 0.1) is 0 Å². The van der Waals surface area contributed by atoms with Crippen molar-refractivity contribution in [2.75, 3.05) is 0 Å². The average Bonchev–Trinajstić information content (AvgIpc) is 3.04. The molecule has 0 aromatic heterocycles. The van der Waals surface area contributed by atoms with Crippen LogP contribution in [0.1, 0.15) is 39.5 Å². The molecule has 0 radical (unpaired) electrons. The van der Waals surface area contributed by atoms with Crippen molar-refractivity contribution in [3.8, 4) is 0 Å². The largest absolute Gasteiger partial charge is 0.459 e. The van der Waals surface area contributed by atoms with E-state index in [-0.39, 0.29) is 12.1 Å². The number of fused-ring (bicyclic) bond motifs is 9. The lowest BCUT2D eigenvalue weighted by Gasteiger charge is -2.40. The molecule has 4 rings (SSSR count). The SMILES string of the molecule is C=C(C)C(=O)OC1CC2CC1C1C3CC(CC3C)C21. The minimum absolute atomic E-state index is 0.176. The van der Waals surface area contributed by atoms with Crippen LogP contribution in [0.25, 0.3) is 0 Å². The van der Waals surface area contributed by atoms with Gasteiger partial charge in [-0.25, -0.2) is 4.79 Å². The Labute approximate surface area is 115 Å². The molecule has 0 aromatic carbocycles. The van der Waals surface area contributed by atoms with E-state index in [9.17, 15) is 4.79 Å². The van der Waals surface area contributed by atoms with Gasteiger partial charge in [-0.05, 0) is 74.0 Å². The number of ether oxygens (including phenoxy) is 1. The van der Waals surface area contributed by atoms with Gasteiger partial charge in [0.25, 0.3) is 0 Å². The van der Waals surface area contributed by atoms with Crippen molar-refractivity contribution in [3.05, 3.63) is 12.2 Å². The van der Waals surface area contributed by atoms with E-state index < -0.39 is 0 Å². The number of esters is 1. The monoisotopic (exact) mass is 260 g/mol. The smallest absolute Gasteiger partial charge is 0.333 e. The van der Waals surface area contributed by atoms with Gasteiger partial charge in [0.15, 0.2) is 0 Å². The van der Waals surface area contributed by atoms with Crippen LogP contribution in [-0.4, -0.2) is 12.1 Å². The molecular weight excluding hydrogens is 236 g/mol. The van der Waals surface area contributed by atoms with Crippen molar-refractivity contribution < 1.29 is 9.53 Å². The highest BCUT2D eigenvalue weighted by Crippen LogP contribution is 2.69. The first kappa shape index (κ1) is 12.0. The molecule has 4 aliphatic rings. The van der Waals surface area contributed by atoms with Crippen LogP contribution in [0.5, 0.6) is 0 Å². The van der Waals surface area contributed by atoms with Crippen LogP contribution in [0.2, 0.25) is 0 Å². The first-order valence-corrected chi connectivity index (χ1v) is 7.92. The molecule has 0 N–H and O–H groups in total. The summed E-state index contributed by atoms with van der Waals surface area (Å²) in [7, 11) is 0. The van der Waals surface area contributed by atoms with Gasteiger partial charge < -0.3 is 4.74 Å². The maximum atomic E-state index is 11.8. The molecule has 0 amide bonds. The summed E-state index contributed by atoms with van der Waals surface area (Å²) in [5, 5.41) is 0. The third-order valence-corrected chi connectivity index (χ3v) is 6.70. The zero-order valence-corrected chi connectivity index (χ0v) is 12.0. The summed E-state index contributed by atoms with van der Waals surface area (Å²) < 4.78 is 5.72. The van der Waals surface area contributed by atoms with Crippen molar-refractivity contribution in [3.63, 3.8) is 0 Å². The van der Waals surface area contributed by atoms with E-state index in [1.54, 1.807) is 6.92 Å². The fraction of sp³-hybridized carbons (Fsp3) is 0.824. The van der Waals surface area contributed by atoms with Crippen molar-refractivity contribution in [2.24, 2.45) is 41.4 Å². The van der Waals surface area contributed by atoms with Gasteiger partial charge in [0.2, 0.25) is 0 Å².